The lowest BCUT2D eigenvalue weighted by Gasteiger charge is -2.21. The number of Topliss-reactive ketones (excluding diaryl/α,β-unsaturated/α-hetero) is 1. The van der Waals surface area contributed by atoms with E-state index < -0.39 is 11.9 Å². The maximum absolute atomic E-state index is 13.8. The van der Waals surface area contributed by atoms with Gasteiger partial charge in [0.15, 0.2) is 11.2 Å². The molecule has 0 fully saturated rings. The molecule has 14 heteroatoms. The fourth-order valence-corrected chi connectivity index (χ4v) is 7.02. The fraction of sp³-hybridized carbons (Fsp3) is 0.0889. The van der Waals surface area contributed by atoms with E-state index in [0.29, 0.717) is 67.0 Å². The van der Waals surface area contributed by atoms with E-state index in [1.165, 1.54) is 26.2 Å². The SMILES string of the molecule is COC(=O)c1ccc2cccc(NCc3c4oc5c(CNc6cccc7ccc(C(C)=O)nc67)c(N)ccc5c(-c5ccccc5C(=O)O)c-4ccc3=O)c2n1.O=C=O. The van der Waals surface area contributed by atoms with Crippen molar-refractivity contribution in [3.05, 3.63) is 147 Å². The minimum absolute atomic E-state index is 0.00943. The van der Waals surface area contributed by atoms with E-state index in [4.69, 9.17) is 24.5 Å². The van der Waals surface area contributed by atoms with Crippen LogP contribution in [0.1, 0.15) is 49.4 Å². The highest BCUT2D eigenvalue weighted by molar-refractivity contribution is 6.09. The van der Waals surface area contributed by atoms with E-state index in [9.17, 15) is 24.3 Å². The monoisotopic (exact) mass is 787 g/mol. The minimum atomic E-state index is -1.12. The van der Waals surface area contributed by atoms with Crippen LogP contribution in [0.25, 0.3) is 55.2 Å². The van der Waals surface area contributed by atoms with Crippen LogP contribution in [0.2, 0.25) is 0 Å². The summed E-state index contributed by atoms with van der Waals surface area (Å²) in [5, 5.41) is 19.2. The summed E-state index contributed by atoms with van der Waals surface area (Å²) in [6.07, 6.45) is 0.250. The number of nitrogens with zero attached hydrogens (tertiary/aromatic N) is 2. The van der Waals surface area contributed by atoms with Gasteiger partial charge in [-0.15, -0.1) is 0 Å². The third-order valence-corrected chi connectivity index (χ3v) is 9.79. The van der Waals surface area contributed by atoms with E-state index in [-0.39, 0.29) is 53.0 Å². The smallest absolute Gasteiger partial charge is 0.373 e. The number of nitrogens with two attached hydrogens (primary N) is 1. The Kier molecular flexibility index (Phi) is 10.9. The molecule has 0 atom stereocenters. The first-order valence-electron chi connectivity index (χ1n) is 18.0. The maximum atomic E-state index is 13.8. The number of carboxylic acid groups (broad SMARTS) is 1. The van der Waals surface area contributed by atoms with E-state index in [1.807, 2.05) is 36.4 Å². The van der Waals surface area contributed by atoms with Crippen LogP contribution in [0.3, 0.4) is 0 Å². The number of nitrogen functional groups attached to an aromatic ring is 1. The molecule has 0 amide bonds. The molecule has 2 aromatic heterocycles. The van der Waals surface area contributed by atoms with Crippen LogP contribution in [-0.2, 0) is 27.4 Å². The number of aromatic nitrogens is 2. The third-order valence-electron chi connectivity index (χ3n) is 9.79. The summed E-state index contributed by atoms with van der Waals surface area (Å²) in [6, 6.07) is 31.3. The average molecular weight is 788 g/mol. The minimum Gasteiger partial charge on any atom is -0.478 e. The summed E-state index contributed by atoms with van der Waals surface area (Å²) >= 11 is 0. The molecular formula is C45H33N5O9. The number of nitrogens with one attached hydrogen (secondary N) is 2. The van der Waals surface area contributed by atoms with Crippen molar-refractivity contribution in [1.29, 1.82) is 0 Å². The van der Waals surface area contributed by atoms with Gasteiger partial charge in [-0.3, -0.25) is 9.59 Å². The summed E-state index contributed by atoms with van der Waals surface area (Å²) in [7, 11) is 1.28. The Hall–Kier alpha value is -8.22. The number of fused-ring (bicyclic) bond motifs is 4. The number of aromatic carboxylic acids is 1. The highest BCUT2D eigenvalue weighted by Crippen LogP contribution is 2.44. The Morgan fingerprint density at radius 2 is 1.36 bits per heavy atom. The van der Waals surface area contributed by atoms with E-state index >= 15 is 0 Å². The first kappa shape index (κ1) is 39.0. The number of methoxy groups -OCH3 is 1. The molecule has 3 heterocycles. The second-order valence-corrected chi connectivity index (χ2v) is 13.2. The molecule has 6 aromatic rings. The van der Waals surface area contributed by atoms with Crippen molar-refractivity contribution >= 4 is 73.7 Å². The summed E-state index contributed by atoms with van der Waals surface area (Å²) < 4.78 is 11.6. The molecule has 8 rings (SSSR count). The standard InChI is InChI=1S/C44H33N5O7.CO2/c1-23(50)33-18-13-24-7-5-11-34(39(24)48-33)46-21-30-32(45)17-15-28-38(26-9-3-4-10-27(26)43(52)53)29-16-20-37(51)31(42(29)56-41(28)30)22-47-35-12-6-8-25-14-19-36(44(54)55-2)49-40(25)35;2-1-3/h3-20,46-47H,21-22,45H2,1-2H3,(H,52,53);. The molecule has 59 heavy (non-hydrogen) atoms. The van der Waals surface area contributed by atoms with Crippen LogP contribution in [0.5, 0.6) is 0 Å². The van der Waals surface area contributed by atoms with Gasteiger partial charge < -0.3 is 30.6 Å². The van der Waals surface area contributed by atoms with Gasteiger partial charge in [-0.05, 0) is 60.2 Å². The van der Waals surface area contributed by atoms with Crippen LogP contribution in [0.4, 0.5) is 17.1 Å². The normalized spacial score (nSPS) is 10.8. The van der Waals surface area contributed by atoms with Crippen molar-refractivity contribution in [2.75, 3.05) is 23.5 Å². The molecule has 0 saturated carbocycles. The first-order chi connectivity index (χ1) is 28.5. The summed E-state index contributed by atoms with van der Waals surface area (Å²) in [4.78, 5) is 76.3. The number of carboxylic acids is 1. The zero-order valence-corrected chi connectivity index (χ0v) is 31.5. The number of para-hydroxylation sites is 2. The number of rotatable bonds is 10. The number of benzene rings is 5. The molecule has 0 bridgehead atoms. The van der Waals surface area contributed by atoms with Gasteiger partial charge in [-0.2, -0.15) is 9.59 Å². The molecule has 0 spiro atoms. The van der Waals surface area contributed by atoms with Gasteiger partial charge in [-0.1, -0.05) is 54.6 Å². The van der Waals surface area contributed by atoms with Gasteiger partial charge >= 0.3 is 18.1 Å². The molecule has 0 saturated heterocycles. The van der Waals surface area contributed by atoms with Gasteiger partial charge in [0.05, 0.1) is 40.6 Å². The number of carbonyl (C=O) groups is 3. The van der Waals surface area contributed by atoms with Crippen molar-refractivity contribution in [2.24, 2.45) is 0 Å². The lowest BCUT2D eigenvalue weighted by Crippen LogP contribution is -2.15. The number of pyridine rings is 2. The molecule has 4 aromatic carbocycles. The molecule has 292 valence electrons. The Balaban J connectivity index is 0.00000171. The first-order valence-corrected chi connectivity index (χ1v) is 18.0. The number of ether oxygens (including phenoxy) is 1. The van der Waals surface area contributed by atoms with Crippen molar-refractivity contribution in [3.63, 3.8) is 0 Å². The second kappa shape index (κ2) is 16.5. The van der Waals surface area contributed by atoms with Gasteiger partial charge in [0.1, 0.15) is 22.7 Å². The Morgan fingerprint density at radius 1 is 0.746 bits per heavy atom. The van der Waals surface area contributed by atoms with E-state index in [1.54, 1.807) is 60.7 Å². The fourth-order valence-electron chi connectivity index (χ4n) is 7.02. The molecule has 0 unspecified atom stereocenters. The number of hydrogen-bond donors (Lipinski definition) is 4. The number of carbonyl (C=O) groups excluding carboxylic acids is 4. The molecular weight excluding hydrogens is 755 g/mol. The van der Waals surface area contributed by atoms with Crippen molar-refractivity contribution in [3.8, 4) is 22.5 Å². The van der Waals surface area contributed by atoms with Gasteiger partial charge in [0, 0.05) is 58.5 Å². The molecule has 2 aliphatic rings. The van der Waals surface area contributed by atoms with Gasteiger partial charge in [-0.25, -0.2) is 19.6 Å². The number of ketones is 1. The zero-order chi connectivity index (χ0) is 41.8. The zero-order valence-electron chi connectivity index (χ0n) is 31.5. The van der Waals surface area contributed by atoms with Crippen molar-refractivity contribution < 1.29 is 38.2 Å². The predicted octanol–water partition coefficient (Wildman–Crippen LogP) is 7.57. The van der Waals surface area contributed by atoms with Gasteiger partial charge in [0.2, 0.25) is 0 Å². The quantitative estimate of drug-likeness (QED) is 0.0455. The molecule has 14 nitrogen and oxygen atoms in total. The van der Waals surface area contributed by atoms with Crippen molar-refractivity contribution in [2.45, 2.75) is 20.0 Å². The summed E-state index contributed by atoms with van der Waals surface area (Å²) in [6.45, 7) is 1.60. The largest absolute Gasteiger partial charge is 0.478 e. The molecule has 1 aliphatic carbocycles. The average Bonchev–Trinajstić information content (AvgIpc) is 3.24. The topological polar surface area (TPSA) is 221 Å². The lowest BCUT2D eigenvalue weighted by molar-refractivity contribution is -0.191. The van der Waals surface area contributed by atoms with Crippen LogP contribution >= 0.6 is 0 Å². The van der Waals surface area contributed by atoms with Crippen LogP contribution in [-0.4, -0.2) is 46.1 Å². The predicted molar refractivity (Wildman–Crippen MR) is 220 cm³/mol. The Labute approximate surface area is 334 Å². The molecule has 1 aliphatic heterocycles. The van der Waals surface area contributed by atoms with Crippen LogP contribution in [0, 0.1) is 0 Å². The molecule has 5 N–H and O–H groups in total. The number of esters is 1. The van der Waals surface area contributed by atoms with E-state index in [0.717, 1.165) is 10.8 Å². The van der Waals surface area contributed by atoms with Crippen LogP contribution < -0.4 is 21.8 Å². The Bertz CT molecular complexity index is 3040. The number of anilines is 3. The Morgan fingerprint density at radius 3 is 1.98 bits per heavy atom. The van der Waals surface area contributed by atoms with Crippen LogP contribution in [0.15, 0.2) is 118 Å². The highest BCUT2D eigenvalue weighted by atomic mass is 16.5. The highest BCUT2D eigenvalue weighted by Gasteiger charge is 2.26. The lowest BCUT2D eigenvalue weighted by atomic mass is 9.88. The molecule has 0 radical (unpaired) electrons. The summed E-state index contributed by atoms with van der Waals surface area (Å²) in [5.74, 6) is -1.63. The third kappa shape index (κ3) is 7.54. The second-order valence-electron chi connectivity index (χ2n) is 13.2. The van der Waals surface area contributed by atoms with Gasteiger partial charge in [0.25, 0.3) is 0 Å². The van der Waals surface area contributed by atoms with Crippen molar-refractivity contribution in [1.82, 2.24) is 9.97 Å². The number of hydrogen-bond acceptors (Lipinski definition) is 13. The maximum Gasteiger partial charge on any atom is 0.373 e. The summed E-state index contributed by atoms with van der Waals surface area (Å²) in [5.41, 5.74) is 12.3. The van der Waals surface area contributed by atoms with E-state index in [2.05, 4.69) is 20.6 Å².